The van der Waals surface area contributed by atoms with E-state index >= 15 is 0 Å². The van der Waals surface area contributed by atoms with Gasteiger partial charge >= 0.3 is 0 Å². The molecule has 1 rings (SSSR count). The summed E-state index contributed by atoms with van der Waals surface area (Å²) in [6.07, 6.45) is 0.283. The molecule has 0 aliphatic carbocycles. The topological polar surface area (TPSA) is 73.2 Å². The molecule has 2 amide bonds. The first-order valence-corrected chi connectivity index (χ1v) is 6.68. The van der Waals surface area contributed by atoms with E-state index in [4.69, 9.17) is 5.26 Å². The Morgan fingerprint density at radius 3 is 2.60 bits per heavy atom. The molecule has 5 heteroatoms. The first kappa shape index (κ1) is 15.7. The number of benzene rings is 1. The van der Waals surface area contributed by atoms with Gasteiger partial charge in [-0.25, -0.2) is 0 Å². The minimum Gasteiger partial charge on any atom is -0.352 e. The second-order valence-corrected chi connectivity index (χ2v) is 4.26. The molecule has 0 aromatic heterocycles. The van der Waals surface area contributed by atoms with Crippen LogP contribution < -0.4 is 5.32 Å². The van der Waals surface area contributed by atoms with Crippen LogP contribution in [0.25, 0.3) is 0 Å². The van der Waals surface area contributed by atoms with Gasteiger partial charge in [0, 0.05) is 31.6 Å². The summed E-state index contributed by atoms with van der Waals surface area (Å²) < 4.78 is 0. The zero-order chi connectivity index (χ0) is 15.0. The Labute approximate surface area is 119 Å². The minimum absolute atomic E-state index is 0.0288. The molecule has 0 saturated carbocycles. The molecule has 0 radical (unpaired) electrons. The van der Waals surface area contributed by atoms with Crippen molar-refractivity contribution in [2.45, 2.75) is 20.3 Å². The standard InChI is InChI=1S/C15H19N3O2/c1-3-18(4-2)14(19)8-9-17-15(20)13-7-5-6-12(10-13)11-16/h5-7,10H,3-4,8-9H2,1-2H3,(H,17,20). The Morgan fingerprint density at radius 2 is 2.00 bits per heavy atom. The largest absolute Gasteiger partial charge is 0.352 e. The monoisotopic (exact) mass is 273 g/mol. The van der Waals surface area contributed by atoms with E-state index in [-0.39, 0.29) is 18.2 Å². The summed E-state index contributed by atoms with van der Waals surface area (Å²) >= 11 is 0. The number of carbonyl (C=O) groups excluding carboxylic acids is 2. The SMILES string of the molecule is CCN(CC)C(=O)CCNC(=O)c1cccc(C#N)c1. The van der Waals surface area contributed by atoms with Crippen molar-refractivity contribution >= 4 is 11.8 Å². The fourth-order valence-electron chi connectivity index (χ4n) is 1.85. The third kappa shape index (κ3) is 4.39. The molecule has 0 saturated heterocycles. The Balaban J connectivity index is 2.48. The molecule has 0 unspecified atom stereocenters. The number of hydrogen-bond donors (Lipinski definition) is 1. The fraction of sp³-hybridized carbons (Fsp3) is 0.400. The van der Waals surface area contributed by atoms with Crippen molar-refractivity contribution in [2.24, 2.45) is 0 Å². The average molecular weight is 273 g/mol. The van der Waals surface area contributed by atoms with E-state index in [0.29, 0.717) is 30.8 Å². The van der Waals surface area contributed by atoms with E-state index in [0.717, 1.165) is 0 Å². The lowest BCUT2D eigenvalue weighted by molar-refractivity contribution is -0.130. The summed E-state index contributed by atoms with van der Waals surface area (Å²) in [4.78, 5) is 25.3. The Kier molecular flexibility index (Phi) is 6.24. The highest BCUT2D eigenvalue weighted by Crippen LogP contribution is 2.04. The zero-order valence-corrected chi connectivity index (χ0v) is 11.8. The van der Waals surface area contributed by atoms with Crippen molar-refractivity contribution in [3.63, 3.8) is 0 Å². The summed E-state index contributed by atoms with van der Waals surface area (Å²) in [6, 6.07) is 8.46. The maximum atomic E-state index is 11.9. The van der Waals surface area contributed by atoms with Gasteiger partial charge in [0.15, 0.2) is 0 Å². The Bertz CT molecular complexity index is 516. The van der Waals surface area contributed by atoms with Crippen molar-refractivity contribution < 1.29 is 9.59 Å². The first-order chi connectivity index (χ1) is 9.62. The molecule has 0 aliphatic rings. The highest BCUT2D eigenvalue weighted by atomic mass is 16.2. The van der Waals surface area contributed by atoms with E-state index in [1.165, 1.54) is 6.07 Å². The van der Waals surface area contributed by atoms with E-state index in [1.807, 2.05) is 19.9 Å². The molecule has 1 N–H and O–H groups in total. The lowest BCUT2D eigenvalue weighted by Gasteiger charge is -2.18. The van der Waals surface area contributed by atoms with Gasteiger partial charge in [-0.2, -0.15) is 5.26 Å². The number of nitrogens with zero attached hydrogens (tertiary/aromatic N) is 2. The van der Waals surface area contributed by atoms with Crippen molar-refractivity contribution in [1.82, 2.24) is 10.2 Å². The minimum atomic E-state index is -0.269. The molecule has 0 fully saturated rings. The van der Waals surface area contributed by atoms with E-state index < -0.39 is 0 Å². The highest BCUT2D eigenvalue weighted by Gasteiger charge is 2.10. The van der Waals surface area contributed by atoms with Gasteiger partial charge in [0.2, 0.25) is 5.91 Å². The zero-order valence-electron chi connectivity index (χ0n) is 11.8. The molecule has 0 aliphatic heterocycles. The smallest absolute Gasteiger partial charge is 0.251 e. The van der Waals surface area contributed by atoms with Crippen LogP contribution in [-0.4, -0.2) is 36.3 Å². The van der Waals surface area contributed by atoms with Crippen LogP contribution in [0.3, 0.4) is 0 Å². The molecule has 0 atom stereocenters. The van der Waals surface area contributed by atoms with Gasteiger partial charge < -0.3 is 10.2 Å². The van der Waals surface area contributed by atoms with Crippen molar-refractivity contribution in [1.29, 1.82) is 5.26 Å². The molecule has 20 heavy (non-hydrogen) atoms. The maximum Gasteiger partial charge on any atom is 0.251 e. The number of carbonyl (C=O) groups is 2. The molecule has 5 nitrogen and oxygen atoms in total. The predicted molar refractivity (Wildman–Crippen MR) is 76.0 cm³/mol. The molecule has 0 bridgehead atoms. The van der Waals surface area contributed by atoms with E-state index in [1.54, 1.807) is 23.1 Å². The third-order valence-corrected chi connectivity index (χ3v) is 2.99. The second kappa shape index (κ2) is 7.95. The maximum absolute atomic E-state index is 11.9. The van der Waals surface area contributed by atoms with Crippen LogP contribution in [-0.2, 0) is 4.79 Å². The highest BCUT2D eigenvalue weighted by molar-refractivity contribution is 5.94. The van der Waals surface area contributed by atoms with Gasteiger partial charge in [-0.15, -0.1) is 0 Å². The van der Waals surface area contributed by atoms with Crippen LogP contribution >= 0.6 is 0 Å². The lowest BCUT2D eigenvalue weighted by atomic mass is 10.1. The van der Waals surface area contributed by atoms with Crippen molar-refractivity contribution in [3.8, 4) is 6.07 Å². The number of amides is 2. The third-order valence-electron chi connectivity index (χ3n) is 2.99. The number of rotatable bonds is 6. The summed E-state index contributed by atoms with van der Waals surface area (Å²) in [6.45, 7) is 5.49. The molecule has 1 aromatic rings. The van der Waals surface area contributed by atoms with Crippen LogP contribution in [0, 0.1) is 11.3 Å². The molecule has 1 aromatic carbocycles. The van der Waals surface area contributed by atoms with Gasteiger partial charge in [-0.1, -0.05) is 6.07 Å². The molecular weight excluding hydrogens is 254 g/mol. The number of nitriles is 1. The average Bonchev–Trinajstić information content (AvgIpc) is 2.48. The molecule has 0 heterocycles. The van der Waals surface area contributed by atoms with Crippen LogP contribution in [0.2, 0.25) is 0 Å². The van der Waals surface area contributed by atoms with Gasteiger partial charge in [0.1, 0.15) is 0 Å². The van der Waals surface area contributed by atoms with Crippen molar-refractivity contribution in [2.75, 3.05) is 19.6 Å². The Hall–Kier alpha value is -2.35. The quantitative estimate of drug-likeness (QED) is 0.854. The second-order valence-electron chi connectivity index (χ2n) is 4.26. The summed E-state index contributed by atoms with van der Waals surface area (Å²) in [7, 11) is 0. The predicted octanol–water partition coefficient (Wildman–Crippen LogP) is 1.55. The summed E-state index contributed by atoms with van der Waals surface area (Å²) in [5.41, 5.74) is 0.871. The van der Waals surface area contributed by atoms with Gasteiger partial charge in [-0.05, 0) is 32.0 Å². The fourth-order valence-corrected chi connectivity index (χ4v) is 1.85. The molecular formula is C15H19N3O2. The van der Waals surface area contributed by atoms with E-state index in [9.17, 15) is 9.59 Å². The number of nitrogens with one attached hydrogen (secondary N) is 1. The van der Waals surface area contributed by atoms with Crippen LogP contribution in [0.4, 0.5) is 0 Å². The van der Waals surface area contributed by atoms with Crippen LogP contribution in [0.1, 0.15) is 36.2 Å². The van der Waals surface area contributed by atoms with Gasteiger partial charge in [-0.3, -0.25) is 9.59 Å². The van der Waals surface area contributed by atoms with E-state index in [2.05, 4.69) is 5.32 Å². The normalized spacial score (nSPS) is 9.65. The number of hydrogen-bond acceptors (Lipinski definition) is 3. The molecule has 106 valence electrons. The lowest BCUT2D eigenvalue weighted by Crippen LogP contribution is -2.34. The van der Waals surface area contributed by atoms with Gasteiger partial charge in [0.25, 0.3) is 5.91 Å². The van der Waals surface area contributed by atoms with Crippen molar-refractivity contribution in [3.05, 3.63) is 35.4 Å². The Morgan fingerprint density at radius 1 is 1.30 bits per heavy atom. The van der Waals surface area contributed by atoms with Crippen LogP contribution in [0.15, 0.2) is 24.3 Å². The molecule has 0 spiro atoms. The van der Waals surface area contributed by atoms with Gasteiger partial charge in [0.05, 0.1) is 11.6 Å². The summed E-state index contributed by atoms with van der Waals surface area (Å²) in [5, 5.41) is 11.5. The first-order valence-electron chi connectivity index (χ1n) is 6.68. The summed E-state index contributed by atoms with van der Waals surface area (Å²) in [5.74, 6) is -0.240. The van der Waals surface area contributed by atoms with Crippen LogP contribution in [0.5, 0.6) is 0 Å².